The highest BCUT2D eigenvalue weighted by molar-refractivity contribution is 4.79. The Morgan fingerprint density at radius 1 is 0.565 bits per heavy atom. The zero-order valence-corrected chi connectivity index (χ0v) is 15.0. The fourth-order valence-electron chi connectivity index (χ4n) is 3.55. The van der Waals surface area contributed by atoms with Crippen LogP contribution >= 0.6 is 0 Å². The summed E-state index contributed by atoms with van der Waals surface area (Å²) in [6.07, 6.45) is 13.7. The fourth-order valence-corrected chi connectivity index (χ4v) is 3.55. The van der Waals surface area contributed by atoms with E-state index >= 15 is 0 Å². The lowest BCUT2D eigenvalue weighted by Crippen LogP contribution is -2.23. The normalized spacial score (nSPS) is 19.7. The van der Waals surface area contributed by atoms with E-state index in [0.717, 1.165) is 26.4 Å². The maximum atomic E-state index is 3.85. The zero-order valence-electron chi connectivity index (χ0n) is 15.0. The van der Waals surface area contributed by atoms with Crippen LogP contribution in [0.2, 0.25) is 0 Å². The zero-order chi connectivity index (χ0) is 16.3. The van der Waals surface area contributed by atoms with Crippen molar-refractivity contribution >= 4 is 0 Å². The highest BCUT2D eigenvalue weighted by Crippen LogP contribution is 2.12. The number of hydrogen-bond donors (Lipinski definition) is 0. The first kappa shape index (κ1) is 18.3. The van der Waals surface area contributed by atoms with Crippen LogP contribution in [0.25, 0.3) is 0 Å². The molecule has 4 heteroatoms. The maximum Gasteiger partial charge on any atom is 0.0702 e. The van der Waals surface area contributed by atoms with Crippen molar-refractivity contribution in [1.82, 2.24) is 19.6 Å². The molecule has 0 aromatic rings. The molecule has 4 nitrogen and oxygen atoms in total. The second-order valence-corrected chi connectivity index (χ2v) is 6.98. The topological polar surface area (TPSA) is 13.0 Å². The molecule has 2 fully saturated rings. The van der Waals surface area contributed by atoms with E-state index in [4.69, 9.17) is 0 Å². The SMILES string of the molecule is C=CN1CCN(CCCCCCCCCN2CCN(C=C)C2)C1. The Balaban J connectivity index is 1.33. The average molecular weight is 321 g/mol. The lowest BCUT2D eigenvalue weighted by molar-refractivity contribution is 0.280. The molecule has 0 atom stereocenters. The molecule has 0 spiro atoms. The van der Waals surface area contributed by atoms with E-state index in [1.807, 2.05) is 12.4 Å². The molecule has 2 aliphatic rings. The first-order valence-corrected chi connectivity index (χ1v) is 9.50. The Bertz CT molecular complexity index is 312. The van der Waals surface area contributed by atoms with E-state index in [2.05, 4.69) is 32.8 Å². The van der Waals surface area contributed by atoms with Gasteiger partial charge in [0.05, 0.1) is 13.3 Å². The van der Waals surface area contributed by atoms with Crippen LogP contribution in [-0.4, -0.2) is 72.2 Å². The molecular formula is C19H36N4. The van der Waals surface area contributed by atoms with E-state index in [-0.39, 0.29) is 0 Å². The summed E-state index contributed by atoms with van der Waals surface area (Å²) in [4.78, 5) is 9.69. The Labute approximate surface area is 143 Å². The Morgan fingerprint density at radius 3 is 1.30 bits per heavy atom. The molecule has 0 aliphatic carbocycles. The first-order chi connectivity index (χ1) is 11.3. The molecule has 0 aromatic carbocycles. The Kier molecular flexibility index (Phi) is 8.54. The molecule has 0 amide bonds. The van der Waals surface area contributed by atoms with Crippen molar-refractivity contribution in [2.75, 3.05) is 52.6 Å². The van der Waals surface area contributed by atoms with Gasteiger partial charge in [-0.3, -0.25) is 9.80 Å². The predicted molar refractivity (Wildman–Crippen MR) is 99.0 cm³/mol. The van der Waals surface area contributed by atoms with Gasteiger partial charge in [0.1, 0.15) is 0 Å². The third kappa shape index (κ3) is 6.96. The smallest absolute Gasteiger partial charge is 0.0702 e. The van der Waals surface area contributed by atoms with Crippen molar-refractivity contribution in [3.63, 3.8) is 0 Å². The molecule has 0 saturated carbocycles. The molecular weight excluding hydrogens is 284 g/mol. The summed E-state index contributed by atoms with van der Waals surface area (Å²) in [5.41, 5.74) is 0. The number of unbranched alkanes of at least 4 members (excludes halogenated alkanes) is 6. The minimum absolute atomic E-state index is 1.09. The maximum absolute atomic E-state index is 3.85. The van der Waals surface area contributed by atoms with Crippen molar-refractivity contribution in [3.05, 3.63) is 25.6 Å². The van der Waals surface area contributed by atoms with Gasteiger partial charge in [-0.15, -0.1) is 0 Å². The summed E-state index contributed by atoms with van der Waals surface area (Å²) in [5.74, 6) is 0. The van der Waals surface area contributed by atoms with Gasteiger partial charge in [0, 0.05) is 26.2 Å². The summed E-state index contributed by atoms with van der Waals surface area (Å²) >= 11 is 0. The second kappa shape index (κ2) is 10.7. The van der Waals surface area contributed by atoms with E-state index in [1.165, 1.54) is 71.1 Å². The molecule has 0 bridgehead atoms. The summed E-state index contributed by atoms with van der Waals surface area (Å²) < 4.78 is 0. The highest BCUT2D eigenvalue weighted by Gasteiger charge is 2.16. The average Bonchev–Trinajstić information content (AvgIpc) is 3.22. The molecule has 0 N–H and O–H groups in total. The number of hydrogen-bond acceptors (Lipinski definition) is 4. The van der Waals surface area contributed by atoms with Crippen molar-refractivity contribution in [3.8, 4) is 0 Å². The van der Waals surface area contributed by atoms with Gasteiger partial charge in [-0.05, 0) is 38.3 Å². The predicted octanol–water partition coefficient (Wildman–Crippen LogP) is 3.15. The standard InChI is InChI=1S/C19H36N4/c1-3-20-14-16-22(18-20)12-10-8-6-5-7-9-11-13-23-17-15-21(4-2)19-23/h3-4H,1-2,5-19H2. The van der Waals surface area contributed by atoms with Crippen molar-refractivity contribution in [2.24, 2.45) is 0 Å². The molecule has 2 aliphatic heterocycles. The summed E-state index contributed by atoms with van der Waals surface area (Å²) in [5, 5.41) is 0. The molecule has 2 saturated heterocycles. The molecule has 2 heterocycles. The van der Waals surface area contributed by atoms with Crippen LogP contribution in [-0.2, 0) is 0 Å². The second-order valence-electron chi connectivity index (χ2n) is 6.98. The monoisotopic (exact) mass is 320 g/mol. The third-order valence-electron chi connectivity index (χ3n) is 5.14. The van der Waals surface area contributed by atoms with Gasteiger partial charge in [0.25, 0.3) is 0 Å². The molecule has 2 rings (SSSR count). The number of nitrogens with zero attached hydrogens (tertiary/aromatic N) is 4. The number of rotatable bonds is 12. The van der Waals surface area contributed by atoms with Gasteiger partial charge >= 0.3 is 0 Å². The summed E-state index contributed by atoms with van der Waals surface area (Å²) in [6, 6.07) is 0. The minimum Gasteiger partial charge on any atom is -0.364 e. The van der Waals surface area contributed by atoms with E-state index < -0.39 is 0 Å². The van der Waals surface area contributed by atoms with Gasteiger partial charge < -0.3 is 9.80 Å². The molecule has 0 aromatic heterocycles. The minimum atomic E-state index is 1.09. The van der Waals surface area contributed by atoms with Gasteiger partial charge in [0.2, 0.25) is 0 Å². The van der Waals surface area contributed by atoms with Crippen LogP contribution in [0.5, 0.6) is 0 Å². The largest absolute Gasteiger partial charge is 0.364 e. The third-order valence-corrected chi connectivity index (χ3v) is 5.14. The van der Waals surface area contributed by atoms with Crippen molar-refractivity contribution in [1.29, 1.82) is 0 Å². The van der Waals surface area contributed by atoms with Gasteiger partial charge in [-0.1, -0.05) is 45.3 Å². The lowest BCUT2D eigenvalue weighted by atomic mass is 10.1. The van der Waals surface area contributed by atoms with Crippen molar-refractivity contribution < 1.29 is 0 Å². The summed E-state index contributed by atoms with van der Waals surface area (Å²) in [6.45, 7) is 17.1. The van der Waals surface area contributed by atoms with Crippen LogP contribution in [0.15, 0.2) is 25.6 Å². The van der Waals surface area contributed by atoms with Gasteiger partial charge in [-0.2, -0.15) is 0 Å². The van der Waals surface area contributed by atoms with Crippen LogP contribution in [0.1, 0.15) is 44.9 Å². The van der Waals surface area contributed by atoms with Gasteiger partial charge in [-0.25, -0.2) is 0 Å². The molecule has 23 heavy (non-hydrogen) atoms. The van der Waals surface area contributed by atoms with Crippen molar-refractivity contribution in [2.45, 2.75) is 44.9 Å². The van der Waals surface area contributed by atoms with E-state index in [9.17, 15) is 0 Å². The quantitative estimate of drug-likeness (QED) is 0.512. The Hall–Kier alpha value is -1.00. The van der Waals surface area contributed by atoms with Crippen LogP contribution in [0.4, 0.5) is 0 Å². The van der Waals surface area contributed by atoms with E-state index in [1.54, 1.807) is 0 Å². The van der Waals surface area contributed by atoms with Crippen LogP contribution in [0.3, 0.4) is 0 Å². The first-order valence-electron chi connectivity index (χ1n) is 9.50. The van der Waals surface area contributed by atoms with Crippen LogP contribution in [0, 0.1) is 0 Å². The van der Waals surface area contributed by atoms with Crippen LogP contribution < -0.4 is 0 Å². The fraction of sp³-hybridized carbons (Fsp3) is 0.789. The Morgan fingerprint density at radius 2 is 0.957 bits per heavy atom. The summed E-state index contributed by atoms with van der Waals surface area (Å²) in [7, 11) is 0. The molecule has 0 unspecified atom stereocenters. The van der Waals surface area contributed by atoms with E-state index in [0.29, 0.717) is 0 Å². The van der Waals surface area contributed by atoms with Gasteiger partial charge in [0.15, 0.2) is 0 Å². The molecule has 0 radical (unpaired) electrons. The lowest BCUT2D eigenvalue weighted by Gasteiger charge is -2.16. The molecule has 132 valence electrons. The highest BCUT2D eigenvalue weighted by atomic mass is 15.4.